The third kappa shape index (κ3) is 4.42. The van der Waals surface area contributed by atoms with E-state index in [0.29, 0.717) is 5.82 Å². The van der Waals surface area contributed by atoms with Crippen molar-refractivity contribution >= 4 is 27.7 Å². The lowest BCUT2D eigenvalue weighted by molar-refractivity contribution is 0.201. The maximum absolute atomic E-state index is 13.8. The number of rotatable bonds is 6. The molecule has 2 aromatic carbocycles. The lowest BCUT2D eigenvalue weighted by Gasteiger charge is -2.14. The van der Waals surface area contributed by atoms with Gasteiger partial charge in [-0.3, -0.25) is 0 Å². The van der Waals surface area contributed by atoms with E-state index in [1.165, 1.54) is 11.6 Å². The Hall–Kier alpha value is -1.93. The molecule has 1 aromatic heterocycles. The second-order valence-electron chi connectivity index (χ2n) is 5.65. The van der Waals surface area contributed by atoms with Crippen LogP contribution in [0.1, 0.15) is 24.4 Å². The van der Waals surface area contributed by atoms with Crippen LogP contribution < -0.4 is 4.74 Å². The summed E-state index contributed by atoms with van der Waals surface area (Å²) in [5, 5.41) is 9.06. The van der Waals surface area contributed by atoms with Crippen LogP contribution in [-0.2, 0) is 12.8 Å². The molecule has 136 valence electrons. The second kappa shape index (κ2) is 8.18. The van der Waals surface area contributed by atoms with Crippen molar-refractivity contribution in [2.75, 3.05) is 0 Å². The smallest absolute Gasteiger partial charge is 0.191 e. The summed E-state index contributed by atoms with van der Waals surface area (Å²) in [5.41, 5.74) is 1.17. The molecule has 4 nitrogen and oxygen atoms in total. The molecule has 8 heteroatoms. The summed E-state index contributed by atoms with van der Waals surface area (Å²) in [6.45, 7) is 1.75. The van der Waals surface area contributed by atoms with Crippen molar-refractivity contribution in [2.45, 2.75) is 23.9 Å². The average molecular weight is 440 g/mol. The van der Waals surface area contributed by atoms with Crippen LogP contribution >= 0.6 is 27.7 Å². The van der Waals surface area contributed by atoms with Crippen molar-refractivity contribution in [3.8, 4) is 5.75 Å². The van der Waals surface area contributed by atoms with Crippen molar-refractivity contribution < 1.29 is 13.5 Å². The Morgan fingerprint density at radius 1 is 1.15 bits per heavy atom. The van der Waals surface area contributed by atoms with Crippen LogP contribution in [0.2, 0.25) is 0 Å². The van der Waals surface area contributed by atoms with E-state index in [-0.39, 0.29) is 5.75 Å². The number of hydrogen-bond donors (Lipinski definition) is 0. The van der Waals surface area contributed by atoms with Crippen LogP contribution in [0.4, 0.5) is 8.78 Å². The maximum atomic E-state index is 13.8. The predicted molar refractivity (Wildman–Crippen MR) is 100 cm³/mol. The van der Waals surface area contributed by atoms with E-state index in [9.17, 15) is 8.78 Å². The van der Waals surface area contributed by atoms with E-state index >= 15 is 0 Å². The van der Waals surface area contributed by atoms with Crippen molar-refractivity contribution in [3.63, 3.8) is 0 Å². The number of ether oxygens (including phenoxy) is 1. The van der Waals surface area contributed by atoms with Gasteiger partial charge in [-0.15, -0.1) is 10.2 Å². The summed E-state index contributed by atoms with van der Waals surface area (Å²) in [7, 11) is 1.83. The number of aromatic nitrogens is 3. The van der Waals surface area contributed by atoms with Crippen LogP contribution in [0.5, 0.6) is 5.75 Å². The van der Waals surface area contributed by atoms with Crippen molar-refractivity contribution in [1.82, 2.24) is 14.8 Å². The number of hydrogen-bond acceptors (Lipinski definition) is 4. The first-order valence-electron chi connectivity index (χ1n) is 7.82. The molecule has 0 amide bonds. The number of thioether (sulfide) groups is 1. The van der Waals surface area contributed by atoms with Gasteiger partial charge in [-0.05, 0) is 36.8 Å². The summed E-state index contributed by atoms with van der Waals surface area (Å²) in [6.07, 6.45) is -0.533. The van der Waals surface area contributed by atoms with Crippen molar-refractivity contribution in [3.05, 3.63) is 70.0 Å². The van der Waals surface area contributed by atoms with Crippen molar-refractivity contribution in [2.24, 2.45) is 7.05 Å². The topological polar surface area (TPSA) is 39.9 Å². The summed E-state index contributed by atoms with van der Waals surface area (Å²) in [5.74, 6) is -0.101. The Morgan fingerprint density at radius 3 is 2.58 bits per heavy atom. The SMILES string of the molecule is CC(Oc1ccc(F)cc1F)c1nnc(SCc2ccc(Br)cc2)n1C. The summed E-state index contributed by atoms with van der Waals surface area (Å²) in [4.78, 5) is 0. The molecule has 26 heavy (non-hydrogen) atoms. The Labute approximate surface area is 162 Å². The molecule has 0 radical (unpaired) electrons. The molecule has 0 spiro atoms. The first-order valence-corrected chi connectivity index (χ1v) is 9.60. The van der Waals surface area contributed by atoms with E-state index in [1.54, 1.807) is 18.7 Å². The molecular formula is C18H16BrF2N3OS. The lowest BCUT2D eigenvalue weighted by Crippen LogP contribution is -2.10. The van der Waals surface area contributed by atoms with Crippen LogP contribution in [0.15, 0.2) is 52.1 Å². The van der Waals surface area contributed by atoms with Gasteiger partial charge in [-0.25, -0.2) is 8.78 Å². The van der Waals surface area contributed by atoms with E-state index in [2.05, 4.69) is 26.1 Å². The normalized spacial score (nSPS) is 12.2. The molecule has 0 aliphatic rings. The van der Waals surface area contributed by atoms with Gasteiger partial charge in [-0.1, -0.05) is 39.8 Å². The highest BCUT2D eigenvalue weighted by Crippen LogP contribution is 2.27. The minimum Gasteiger partial charge on any atom is -0.480 e. The minimum absolute atomic E-state index is 0.0223. The van der Waals surface area contributed by atoms with Gasteiger partial charge in [0.1, 0.15) is 5.82 Å². The zero-order valence-electron chi connectivity index (χ0n) is 14.1. The predicted octanol–water partition coefficient (Wildman–Crippen LogP) is 5.29. The van der Waals surface area contributed by atoms with Crippen molar-refractivity contribution in [1.29, 1.82) is 0 Å². The van der Waals surface area contributed by atoms with Gasteiger partial charge in [0, 0.05) is 23.3 Å². The standard InChI is InChI=1S/C18H16BrF2N3OS/c1-11(25-16-8-7-14(20)9-15(16)21)17-22-23-18(24(17)2)26-10-12-3-5-13(19)6-4-12/h3-9,11H,10H2,1-2H3. The minimum atomic E-state index is -0.746. The molecule has 1 unspecified atom stereocenters. The summed E-state index contributed by atoms with van der Waals surface area (Å²) < 4.78 is 35.2. The Kier molecular flexibility index (Phi) is 5.93. The number of benzene rings is 2. The zero-order chi connectivity index (χ0) is 18.7. The fraction of sp³-hybridized carbons (Fsp3) is 0.222. The van der Waals surface area contributed by atoms with Gasteiger partial charge in [0.2, 0.25) is 0 Å². The fourth-order valence-electron chi connectivity index (χ4n) is 2.35. The summed E-state index contributed by atoms with van der Waals surface area (Å²) in [6, 6.07) is 11.3. The maximum Gasteiger partial charge on any atom is 0.191 e. The second-order valence-corrected chi connectivity index (χ2v) is 7.51. The quantitative estimate of drug-likeness (QED) is 0.489. The lowest BCUT2D eigenvalue weighted by atomic mass is 10.2. The third-order valence-corrected chi connectivity index (χ3v) is 5.33. The zero-order valence-corrected chi connectivity index (χ0v) is 16.5. The van der Waals surface area contributed by atoms with Crippen LogP contribution in [0.3, 0.4) is 0 Å². The summed E-state index contributed by atoms with van der Waals surface area (Å²) >= 11 is 4.96. The molecular weight excluding hydrogens is 424 g/mol. The molecule has 0 saturated carbocycles. The molecule has 0 aliphatic carbocycles. The van der Waals surface area contributed by atoms with E-state index in [0.717, 1.165) is 27.5 Å². The number of halogens is 3. The Morgan fingerprint density at radius 2 is 1.88 bits per heavy atom. The molecule has 0 bridgehead atoms. The molecule has 1 atom stereocenters. The Balaban J connectivity index is 1.68. The van der Waals surface area contributed by atoms with Gasteiger partial charge in [-0.2, -0.15) is 0 Å². The number of nitrogens with zero attached hydrogens (tertiary/aromatic N) is 3. The Bertz CT molecular complexity index is 902. The van der Waals surface area contributed by atoms with Crippen LogP contribution in [-0.4, -0.2) is 14.8 Å². The average Bonchev–Trinajstić information content (AvgIpc) is 2.98. The van der Waals surface area contributed by atoms with E-state index in [4.69, 9.17) is 4.74 Å². The van der Waals surface area contributed by atoms with Gasteiger partial charge in [0.05, 0.1) is 0 Å². The highest BCUT2D eigenvalue weighted by atomic mass is 79.9. The van der Waals surface area contributed by atoms with Gasteiger partial charge in [0.15, 0.2) is 28.7 Å². The van der Waals surface area contributed by atoms with E-state index < -0.39 is 17.7 Å². The van der Waals surface area contributed by atoms with Gasteiger partial charge >= 0.3 is 0 Å². The molecule has 0 aliphatic heterocycles. The first-order chi connectivity index (χ1) is 12.4. The van der Waals surface area contributed by atoms with Gasteiger partial charge in [0.25, 0.3) is 0 Å². The van der Waals surface area contributed by atoms with E-state index in [1.807, 2.05) is 35.9 Å². The monoisotopic (exact) mass is 439 g/mol. The first kappa shape index (κ1) is 18.8. The molecule has 0 N–H and O–H groups in total. The molecule has 0 fully saturated rings. The largest absolute Gasteiger partial charge is 0.480 e. The highest BCUT2D eigenvalue weighted by molar-refractivity contribution is 9.10. The van der Waals surface area contributed by atoms with Crippen LogP contribution in [0.25, 0.3) is 0 Å². The molecule has 3 aromatic rings. The molecule has 1 heterocycles. The van der Waals surface area contributed by atoms with Crippen LogP contribution in [0, 0.1) is 11.6 Å². The molecule has 0 saturated heterocycles. The third-order valence-electron chi connectivity index (χ3n) is 3.71. The molecule has 3 rings (SSSR count). The van der Waals surface area contributed by atoms with Gasteiger partial charge < -0.3 is 9.30 Å². The highest BCUT2D eigenvalue weighted by Gasteiger charge is 2.19. The fourth-order valence-corrected chi connectivity index (χ4v) is 3.49.